The van der Waals surface area contributed by atoms with E-state index in [2.05, 4.69) is 12.1 Å². The van der Waals surface area contributed by atoms with Crippen LogP contribution >= 0.6 is 0 Å². The van der Waals surface area contributed by atoms with Crippen LogP contribution in [0, 0.1) is 0 Å². The fraction of sp³-hybridized carbons (Fsp3) is 0.200. The van der Waals surface area contributed by atoms with Crippen molar-refractivity contribution in [2.24, 2.45) is 0 Å². The molecule has 4 aromatic rings. The van der Waals surface area contributed by atoms with Gasteiger partial charge in [-0.05, 0) is 47.6 Å². The van der Waals surface area contributed by atoms with Gasteiger partial charge in [0.2, 0.25) is 0 Å². The smallest absolute Gasteiger partial charge is 0.169 e. The van der Waals surface area contributed by atoms with Gasteiger partial charge >= 0.3 is 0 Å². The number of benzene rings is 4. The summed E-state index contributed by atoms with van der Waals surface area (Å²) in [6.07, 6.45) is 3.93. The summed E-state index contributed by atoms with van der Waals surface area (Å²) in [5, 5.41) is 36.7. The van der Waals surface area contributed by atoms with Gasteiger partial charge in [-0.15, -0.1) is 0 Å². The number of rotatable bonds is 0. The molecule has 5 rings (SSSR count). The monoisotopic (exact) mass is 304 g/mol. The van der Waals surface area contributed by atoms with Gasteiger partial charge < -0.3 is 15.3 Å². The maximum absolute atomic E-state index is 10.8. The second-order valence-corrected chi connectivity index (χ2v) is 6.48. The van der Waals surface area contributed by atoms with E-state index in [1.54, 1.807) is 0 Å². The first-order valence-corrected chi connectivity index (χ1v) is 8.03. The van der Waals surface area contributed by atoms with Crippen molar-refractivity contribution >= 4 is 32.3 Å². The van der Waals surface area contributed by atoms with E-state index in [1.807, 2.05) is 18.2 Å². The molecule has 0 saturated carbocycles. The molecule has 0 heterocycles. The molecule has 0 aromatic heterocycles. The van der Waals surface area contributed by atoms with E-state index >= 15 is 0 Å². The summed E-state index contributed by atoms with van der Waals surface area (Å²) in [6.45, 7) is 0. The molecule has 0 unspecified atom stereocenters. The van der Waals surface area contributed by atoms with Crippen molar-refractivity contribution < 1.29 is 15.3 Å². The highest BCUT2D eigenvalue weighted by atomic mass is 16.3. The van der Waals surface area contributed by atoms with Crippen LogP contribution in [0.15, 0.2) is 30.3 Å². The molecule has 114 valence electrons. The Balaban J connectivity index is 2.18. The number of aromatic hydroxyl groups is 3. The minimum Gasteiger partial charge on any atom is -0.507 e. The SMILES string of the molecule is Oc1c(O)c2c(O)c3c(c4ccc5cccc1c5c42)CCCC3. The Morgan fingerprint density at radius 3 is 2.22 bits per heavy atom. The first kappa shape index (κ1) is 12.8. The lowest BCUT2D eigenvalue weighted by molar-refractivity contribution is 0.409. The van der Waals surface area contributed by atoms with E-state index in [1.165, 1.54) is 5.56 Å². The number of hydrogen-bond donors (Lipinski definition) is 3. The van der Waals surface area contributed by atoms with E-state index in [4.69, 9.17) is 0 Å². The van der Waals surface area contributed by atoms with Crippen LogP contribution in [0.1, 0.15) is 24.0 Å². The molecule has 3 N–H and O–H groups in total. The third-order valence-electron chi connectivity index (χ3n) is 5.33. The summed E-state index contributed by atoms with van der Waals surface area (Å²) >= 11 is 0. The molecule has 1 aliphatic carbocycles. The van der Waals surface area contributed by atoms with Gasteiger partial charge in [-0.3, -0.25) is 0 Å². The Morgan fingerprint density at radius 1 is 0.609 bits per heavy atom. The molecule has 0 spiro atoms. The largest absolute Gasteiger partial charge is 0.507 e. The summed E-state index contributed by atoms with van der Waals surface area (Å²) in [7, 11) is 0. The fourth-order valence-corrected chi connectivity index (χ4v) is 4.30. The van der Waals surface area contributed by atoms with Crippen molar-refractivity contribution in [1.82, 2.24) is 0 Å². The summed E-state index contributed by atoms with van der Waals surface area (Å²) in [6, 6.07) is 9.83. The molecule has 3 nitrogen and oxygen atoms in total. The minimum atomic E-state index is -0.216. The van der Waals surface area contributed by atoms with Gasteiger partial charge in [-0.1, -0.05) is 30.3 Å². The molecule has 0 radical (unpaired) electrons. The molecule has 0 fully saturated rings. The summed E-state index contributed by atoms with van der Waals surface area (Å²) in [5.74, 6) is -0.230. The normalized spacial score (nSPS) is 14.8. The van der Waals surface area contributed by atoms with Crippen LogP contribution in [0.5, 0.6) is 17.2 Å². The van der Waals surface area contributed by atoms with Crippen LogP contribution in [-0.2, 0) is 12.8 Å². The lowest BCUT2D eigenvalue weighted by Crippen LogP contribution is -2.05. The Labute approximate surface area is 132 Å². The van der Waals surface area contributed by atoms with E-state index in [-0.39, 0.29) is 17.2 Å². The lowest BCUT2D eigenvalue weighted by atomic mass is 9.82. The molecule has 0 atom stereocenters. The molecule has 0 bridgehead atoms. The first-order chi connectivity index (χ1) is 11.2. The Morgan fingerprint density at radius 2 is 1.39 bits per heavy atom. The van der Waals surface area contributed by atoms with Gasteiger partial charge in [0.05, 0.1) is 5.39 Å². The first-order valence-electron chi connectivity index (χ1n) is 8.03. The zero-order chi connectivity index (χ0) is 15.7. The van der Waals surface area contributed by atoms with Crippen molar-refractivity contribution in [3.05, 3.63) is 41.5 Å². The van der Waals surface area contributed by atoms with Crippen molar-refractivity contribution in [3.8, 4) is 17.2 Å². The number of aryl methyl sites for hydroxylation is 1. The lowest BCUT2D eigenvalue weighted by Gasteiger charge is -2.23. The van der Waals surface area contributed by atoms with Gasteiger partial charge in [-0.25, -0.2) is 0 Å². The fourth-order valence-electron chi connectivity index (χ4n) is 4.30. The molecule has 0 saturated heterocycles. The molecular formula is C20H16O3. The number of fused-ring (bicyclic) bond motifs is 2. The number of phenols is 3. The van der Waals surface area contributed by atoms with Crippen LogP contribution in [0.2, 0.25) is 0 Å². The number of phenolic OH excluding ortho intramolecular Hbond substituents is 3. The van der Waals surface area contributed by atoms with E-state index in [0.29, 0.717) is 10.8 Å². The van der Waals surface area contributed by atoms with Crippen LogP contribution in [0.3, 0.4) is 0 Å². The molecule has 0 amide bonds. The topological polar surface area (TPSA) is 60.7 Å². The van der Waals surface area contributed by atoms with Crippen molar-refractivity contribution in [2.75, 3.05) is 0 Å². The maximum atomic E-state index is 10.8. The maximum Gasteiger partial charge on any atom is 0.169 e. The second-order valence-electron chi connectivity index (χ2n) is 6.48. The quantitative estimate of drug-likeness (QED) is 0.329. The van der Waals surface area contributed by atoms with Crippen LogP contribution < -0.4 is 0 Å². The predicted octanol–water partition coefficient (Wildman–Crippen LogP) is 4.58. The Bertz CT molecular complexity index is 1100. The molecule has 0 aliphatic heterocycles. The van der Waals surface area contributed by atoms with Gasteiger partial charge in [0.1, 0.15) is 5.75 Å². The zero-order valence-electron chi connectivity index (χ0n) is 12.6. The summed E-state index contributed by atoms with van der Waals surface area (Å²) in [5.41, 5.74) is 2.12. The van der Waals surface area contributed by atoms with E-state index < -0.39 is 0 Å². The second kappa shape index (κ2) is 4.19. The molecule has 1 aliphatic rings. The summed E-state index contributed by atoms with van der Waals surface area (Å²) in [4.78, 5) is 0. The zero-order valence-corrected chi connectivity index (χ0v) is 12.6. The van der Waals surface area contributed by atoms with Gasteiger partial charge in [-0.2, -0.15) is 0 Å². The Hall–Kier alpha value is -2.68. The Kier molecular flexibility index (Phi) is 2.34. The summed E-state index contributed by atoms with van der Waals surface area (Å²) < 4.78 is 0. The average Bonchev–Trinajstić information content (AvgIpc) is 2.59. The molecule has 3 heteroatoms. The van der Waals surface area contributed by atoms with Gasteiger partial charge in [0.25, 0.3) is 0 Å². The number of hydrogen-bond acceptors (Lipinski definition) is 3. The average molecular weight is 304 g/mol. The standard InChI is InChI=1S/C20H16O3/c21-18-13-6-2-1-5-11(13)12-9-8-10-4-3-7-14-15(10)16(12)17(18)20(23)19(14)22/h3-4,7-9,21-23H,1-2,5-6H2. The van der Waals surface area contributed by atoms with Crippen molar-refractivity contribution in [3.63, 3.8) is 0 Å². The van der Waals surface area contributed by atoms with E-state index in [0.717, 1.165) is 52.8 Å². The van der Waals surface area contributed by atoms with Crippen LogP contribution in [0.25, 0.3) is 32.3 Å². The van der Waals surface area contributed by atoms with Crippen LogP contribution in [-0.4, -0.2) is 15.3 Å². The van der Waals surface area contributed by atoms with Crippen LogP contribution in [0.4, 0.5) is 0 Å². The van der Waals surface area contributed by atoms with Crippen molar-refractivity contribution in [2.45, 2.75) is 25.7 Å². The predicted molar refractivity (Wildman–Crippen MR) is 91.8 cm³/mol. The van der Waals surface area contributed by atoms with Gasteiger partial charge in [0.15, 0.2) is 11.5 Å². The highest BCUT2D eigenvalue weighted by Crippen LogP contribution is 2.52. The third kappa shape index (κ3) is 1.45. The molecule has 4 aromatic carbocycles. The third-order valence-corrected chi connectivity index (χ3v) is 5.33. The van der Waals surface area contributed by atoms with Gasteiger partial charge in [0, 0.05) is 16.2 Å². The molecule has 23 heavy (non-hydrogen) atoms. The van der Waals surface area contributed by atoms with Crippen molar-refractivity contribution in [1.29, 1.82) is 0 Å². The minimum absolute atomic E-state index is 0.137. The molecular weight excluding hydrogens is 288 g/mol. The van der Waals surface area contributed by atoms with E-state index in [9.17, 15) is 15.3 Å². The highest BCUT2D eigenvalue weighted by Gasteiger charge is 2.25. The highest BCUT2D eigenvalue weighted by molar-refractivity contribution is 6.28.